The van der Waals surface area contributed by atoms with Gasteiger partial charge < -0.3 is 4.74 Å². The first-order valence-electron chi connectivity index (χ1n) is 4.91. The maximum atomic E-state index is 12.7. The van der Waals surface area contributed by atoms with E-state index in [-0.39, 0.29) is 23.5 Å². The molecule has 1 aromatic carbocycles. The zero-order valence-corrected chi connectivity index (χ0v) is 9.51. The van der Waals surface area contributed by atoms with Crippen LogP contribution >= 0.6 is 0 Å². The van der Waals surface area contributed by atoms with Crippen molar-refractivity contribution in [2.24, 2.45) is 0 Å². The van der Waals surface area contributed by atoms with E-state index in [1.807, 2.05) is 0 Å². The van der Waals surface area contributed by atoms with Gasteiger partial charge in [0.2, 0.25) is 0 Å². The Morgan fingerprint density at radius 3 is 2.50 bits per heavy atom. The summed E-state index contributed by atoms with van der Waals surface area (Å²) in [4.78, 5) is 11.1. The topological polar surface area (TPSA) is 26.3 Å². The monoisotopic (exact) mass is 228 g/mol. The number of carbonyl (C=O) groups is 1. The van der Waals surface area contributed by atoms with Crippen LogP contribution in [0, 0.1) is 6.92 Å². The number of hydrogen-bond acceptors (Lipinski definition) is 2. The molecule has 0 aromatic heterocycles. The largest absolute Gasteiger partial charge is 0.496 e. The minimum atomic E-state index is -2.60. The fourth-order valence-electron chi connectivity index (χ4n) is 1.63. The molecule has 0 heterocycles. The number of Topliss-reactive ketones (excluding diaryl/α,β-unsaturated/α-hetero) is 1. The molecule has 0 bridgehead atoms. The standard InChI is InChI=1S/C12H14F2O2/c1-7-4-5-9(12(13)14)11(16-3)10(7)6-8(2)15/h4-5,12H,6H2,1-3H3. The fourth-order valence-corrected chi connectivity index (χ4v) is 1.63. The number of rotatable bonds is 4. The van der Waals surface area contributed by atoms with Crippen LogP contribution in [0.4, 0.5) is 8.78 Å². The fraction of sp³-hybridized carbons (Fsp3) is 0.417. The highest BCUT2D eigenvalue weighted by molar-refractivity contribution is 5.79. The summed E-state index contributed by atoms with van der Waals surface area (Å²) in [5, 5.41) is 0. The number of alkyl halides is 2. The predicted molar refractivity (Wildman–Crippen MR) is 57.1 cm³/mol. The van der Waals surface area contributed by atoms with Gasteiger partial charge in [-0.25, -0.2) is 8.78 Å². The number of ether oxygens (including phenoxy) is 1. The highest BCUT2D eigenvalue weighted by atomic mass is 19.3. The van der Waals surface area contributed by atoms with E-state index in [2.05, 4.69) is 0 Å². The van der Waals surface area contributed by atoms with Gasteiger partial charge in [0, 0.05) is 12.0 Å². The van der Waals surface area contributed by atoms with Gasteiger partial charge in [-0.15, -0.1) is 0 Å². The first-order valence-corrected chi connectivity index (χ1v) is 4.91. The minimum Gasteiger partial charge on any atom is -0.496 e. The van der Waals surface area contributed by atoms with Crippen LogP contribution < -0.4 is 4.74 Å². The third-order valence-electron chi connectivity index (χ3n) is 2.39. The van der Waals surface area contributed by atoms with Gasteiger partial charge >= 0.3 is 0 Å². The van der Waals surface area contributed by atoms with Crippen LogP contribution in [0.25, 0.3) is 0 Å². The molecule has 0 aliphatic carbocycles. The third-order valence-corrected chi connectivity index (χ3v) is 2.39. The summed E-state index contributed by atoms with van der Waals surface area (Å²) < 4.78 is 30.4. The van der Waals surface area contributed by atoms with Crippen molar-refractivity contribution in [3.05, 3.63) is 28.8 Å². The second-order valence-corrected chi connectivity index (χ2v) is 3.66. The van der Waals surface area contributed by atoms with Gasteiger partial charge in [-0.1, -0.05) is 6.07 Å². The third kappa shape index (κ3) is 2.56. The molecule has 2 nitrogen and oxygen atoms in total. The summed E-state index contributed by atoms with van der Waals surface area (Å²) in [6.45, 7) is 3.20. The summed E-state index contributed by atoms with van der Waals surface area (Å²) in [6.07, 6.45) is -2.48. The Balaban J connectivity index is 3.32. The Morgan fingerprint density at radius 1 is 1.44 bits per heavy atom. The van der Waals surface area contributed by atoms with E-state index >= 15 is 0 Å². The number of ketones is 1. The van der Waals surface area contributed by atoms with E-state index in [4.69, 9.17) is 4.74 Å². The van der Waals surface area contributed by atoms with Crippen molar-refractivity contribution >= 4 is 5.78 Å². The number of methoxy groups -OCH3 is 1. The maximum Gasteiger partial charge on any atom is 0.267 e. The number of halogens is 2. The van der Waals surface area contributed by atoms with Crippen LogP contribution in [0.2, 0.25) is 0 Å². The Morgan fingerprint density at radius 2 is 2.06 bits per heavy atom. The molecule has 0 aliphatic heterocycles. The molecule has 0 fully saturated rings. The van der Waals surface area contributed by atoms with Crippen LogP contribution in [-0.2, 0) is 11.2 Å². The van der Waals surface area contributed by atoms with Crippen LogP contribution in [0.1, 0.15) is 30.0 Å². The Labute approximate surface area is 93.2 Å². The molecule has 1 rings (SSSR count). The first-order chi connectivity index (χ1) is 7.47. The van der Waals surface area contributed by atoms with Gasteiger partial charge in [-0.2, -0.15) is 0 Å². The predicted octanol–water partition coefficient (Wildman–Crippen LogP) is 3.07. The molecule has 0 N–H and O–H groups in total. The molecule has 0 unspecified atom stereocenters. The summed E-state index contributed by atoms with van der Waals surface area (Å²) in [6, 6.07) is 2.92. The molecule has 0 radical (unpaired) electrons. The minimum absolute atomic E-state index is 0.0761. The van der Waals surface area contributed by atoms with Gasteiger partial charge in [0.25, 0.3) is 6.43 Å². The molecular formula is C12H14F2O2. The van der Waals surface area contributed by atoms with Crippen molar-refractivity contribution in [3.8, 4) is 5.75 Å². The molecule has 0 saturated carbocycles. The van der Waals surface area contributed by atoms with E-state index < -0.39 is 6.43 Å². The van der Waals surface area contributed by atoms with Crippen LogP contribution in [-0.4, -0.2) is 12.9 Å². The average molecular weight is 228 g/mol. The van der Waals surface area contributed by atoms with Gasteiger partial charge in [0.15, 0.2) is 0 Å². The molecule has 4 heteroatoms. The van der Waals surface area contributed by atoms with Crippen LogP contribution in [0.5, 0.6) is 5.75 Å². The van der Waals surface area contributed by atoms with Gasteiger partial charge in [-0.3, -0.25) is 4.79 Å². The van der Waals surface area contributed by atoms with E-state index in [0.717, 1.165) is 5.56 Å². The Hall–Kier alpha value is -1.45. The molecule has 1 aromatic rings. The molecule has 0 atom stereocenters. The van der Waals surface area contributed by atoms with Crippen molar-refractivity contribution < 1.29 is 18.3 Å². The number of hydrogen-bond donors (Lipinski definition) is 0. The number of aryl methyl sites for hydroxylation is 1. The lowest BCUT2D eigenvalue weighted by atomic mass is 9.99. The smallest absolute Gasteiger partial charge is 0.267 e. The summed E-state index contributed by atoms with van der Waals surface area (Å²) >= 11 is 0. The van der Waals surface area contributed by atoms with E-state index in [0.29, 0.717) is 5.56 Å². The SMILES string of the molecule is COc1c(C(F)F)ccc(C)c1CC(C)=O. The average Bonchev–Trinajstić information content (AvgIpc) is 2.19. The number of carbonyl (C=O) groups excluding carboxylic acids is 1. The quantitative estimate of drug-likeness (QED) is 0.791. The van der Waals surface area contributed by atoms with Crippen molar-refractivity contribution in [2.75, 3.05) is 7.11 Å². The van der Waals surface area contributed by atoms with Crippen LogP contribution in [0.3, 0.4) is 0 Å². The molecular weight excluding hydrogens is 214 g/mol. The van der Waals surface area contributed by atoms with Crippen molar-refractivity contribution in [1.29, 1.82) is 0 Å². The maximum absolute atomic E-state index is 12.7. The van der Waals surface area contributed by atoms with Gasteiger partial charge in [0.05, 0.1) is 12.7 Å². The van der Waals surface area contributed by atoms with E-state index in [1.165, 1.54) is 20.1 Å². The zero-order valence-electron chi connectivity index (χ0n) is 9.51. The number of benzene rings is 1. The highest BCUT2D eigenvalue weighted by Crippen LogP contribution is 2.34. The lowest BCUT2D eigenvalue weighted by Gasteiger charge is -2.14. The second kappa shape index (κ2) is 5.05. The van der Waals surface area contributed by atoms with E-state index in [1.54, 1.807) is 13.0 Å². The van der Waals surface area contributed by atoms with Gasteiger partial charge in [0.1, 0.15) is 11.5 Å². The lowest BCUT2D eigenvalue weighted by molar-refractivity contribution is -0.116. The van der Waals surface area contributed by atoms with Crippen molar-refractivity contribution in [2.45, 2.75) is 26.7 Å². The summed E-state index contributed by atoms with van der Waals surface area (Å²) in [5.74, 6) is 0.0537. The molecule has 0 spiro atoms. The lowest BCUT2D eigenvalue weighted by Crippen LogP contribution is -2.05. The van der Waals surface area contributed by atoms with Crippen molar-refractivity contribution in [1.82, 2.24) is 0 Å². The Kier molecular flexibility index (Phi) is 3.99. The molecule has 0 amide bonds. The molecule has 0 aliphatic rings. The summed E-state index contributed by atoms with van der Waals surface area (Å²) in [7, 11) is 1.34. The normalized spacial score (nSPS) is 10.6. The first kappa shape index (κ1) is 12.6. The highest BCUT2D eigenvalue weighted by Gasteiger charge is 2.19. The Bertz CT molecular complexity index is 400. The molecule has 88 valence electrons. The summed E-state index contributed by atoms with van der Waals surface area (Å²) in [5.41, 5.74) is 1.17. The second-order valence-electron chi connectivity index (χ2n) is 3.66. The van der Waals surface area contributed by atoms with Crippen LogP contribution in [0.15, 0.2) is 12.1 Å². The zero-order chi connectivity index (χ0) is 12.3. The van der Waals surface area contributed by atoms with Gasteiger partial charge in [-0.05, 0) is 25.5 Å². The molecule has 0 saturated heterocycles. The molecule has 16 heavy (non-hydrogen) atoms. The van der Waals surface area contributed by atoms with E-state index in [9.17, 15) is 13.6 Å². The van der Waals surface area contributed by atoms with Crippen molar-refractivity contribution in [3.63, 3.8) is 0 Å².